The molecule has 0 bridgehead atoms. The van der Waals surface area contributed by atoms with Crippen LogP contribution in [0, 0.1) is 0 Å². The van der Waals surface area contributed by atoms with E-state index in [1.165, 1.54) is 0 Å². The molecular weight excluding hydrogens is 531 g/mol. The summed E-state index contributed by atoms with van der Waals surface area (Å²) in [7, 11) is 0. The number of benzene rings is 3. The molecule has 0 spiro atoms. The molecule has 2 aliphatic heterocycles. The molecular formula is C31H34Cl2N4O2. The second kappa shape index (κ2) is 12.9. The minimum atomic E-state index is -0.367. The number of para-hydroxylation sites is 1. The summed E-state index contributed by atoms with van der Waals surface area (Å²) in [5.41, 5.74) is 2.75. The van der Waals surface area contributed by atoms with Crippen molar-refractivity contribution in [2.24, 2.45) is 4.99 Å². The molecule has 2 amide bonds. The van der Waals surface area contributed by atoms with Crippen molar-refractivity contribution >= 4 is 35.1 Å². The zero-order valence-electron chi connectivity index (χ0n) is 22.2. The first-order chi connectivity index (χ1) is 19.1. The van der Waals surface area contributed by atoms with Crippen LogP contribution in [-0.4, -0.2) is 54.5 Å². The second-order valence-corrected chi connectivity index (χ2v) is 10.8. The molecule has 0 saturated carbocycles. The van der Waals surface area contributed by atoms with Crippen molar-refractivity contribution in [2.45, 2.75) is 38.3 Å². The van der Waals surface area contributed by atoms with Crippen molar-refractivity contribution < 1.29 is 9.53 Å². The predicted octanol–water partition coefficient (Wildman–Crippen LogP) is 7.13. The summed E-state index contributed by atoms with van der Waals surface area (Å²) in [6.07, 6.45) is 3.20. The summed E-state index contributed by atoms with van der Waals surface area (Å²) in [6, 6.07) is 22.6. The molecule has 2 atom stereocenters. The highest BCUT2D eigenvalue weighted by Crippen LogP contribution is 2.45. The van der Waals surface area contributed by atoms with E-state index in [-0.39, 0.29) is 18.1 Å². The number of piperazine rings is 1. The molecule has 8 heteroatoms. The maximum Gasteiger partial charge on any atom is 0.326 e. The van der Waals surface area contributed by atoms with Crippen LogP contribution in [0.3, 0.4) is 0 Å². The van der Waals surface area contributed by atoms with Crippen LogP contribution in [0.5, 0.6) is 5.75 Å². The summed E-state index contributed by atoms with van der Waals surface area (Å²) in [5.74, 6) is 1.35. The van der Waals surface area contributed by atoms with Crippen molar-refractivity contribution in [1.82, 2.24) is 15.1 Å². The summed E-state index contributed by atoms with van der Waals surface area (Å²) >= 11 is 12.5. The number of urea groups is 1. The van der Waals surface area contributed by atoms with Gasteiger partial charge in [0.15, 0.2) is 0 Å². The maximum atomic E-state index is 14.3. The van der Waals surface area contributed by atoms with Gasteiger partial charge in [0.1, 0.15) is 17.6 Å². The molecule has 204 valence electrons. The Kier molecular flexibility index (Phi) is 9.07. The van der Waals surface area contributed by atoms with E-state index >= 15 is 0 Å². The molecule has 2 heterocycles. The Morgan fingerprint density at radius 2 is 1.56 bits per heavy atom. The number of ether oxygens (including phenoxy) is 1. The number of rotatable bonds is 8. The zero-order valence-corrected chi connectivity index (χ0v) is 23.7. The predicted molar refractivity (Wildman–Crippen MR) is 158 cm³/mol. The van der Waals surface area contributed by atoms with Crippen molar-refractivity contribution in [3.05, 3.63) is 99.5 Å². The summed E-state index contributed by atoms with van der Waals surface area (Å²) < 4.78 is 6.26. The average molecular weight is 566 g/mol. The third-order valence-corrected chi connectivity index (χ3v) is 7.72. The van der Waals surface area contributed by atoms with Gasteiger partial charge in [-0.25, -0.2) is 4.79 Å². The number of carbonyl (C=O) groups excluding carboxylic acids is 1. The van der Waals surface area contributed by atoms with Crippen LogP contribution in [-0.2, 0) is 0 Å². The lowest BCUT2D eigenvalue weighted by molar-refractivity contribution is 0.157. The van der Waals surface area contributed by atoms with Crippen LogP contribution in [0.15, 0.2) is 77.8 Å². The first-order valence-electron chi connectivity index (χ1n) is 13.7. The molecule has 1 N–H and O–H groups in total. The van der Waals surface area contributed by atoms with Gasteiger partial charge in [-0.15, -0.1) is 0 Å². The number of amides is 2. The van der Waals surface area contributed by atoms with Gasteiger partial charge in [-0.1, -0.05) is 79.4 Å². The van der Waals surface area contributed by atoms with Crippen molar-refractivity contribution in [3.63, 3.8) is 0 Å². The van der Waals surface area contributed by atoms with Crippen LogP contribution >= 0.6 is 23.2 Å². The molecule has 2 aliphatic rings. The van der Waals surface area contributed by atoms with E-state index in [1.807, 2.05) is 82.6 Å². The lowest BCUT2D eigenvalue weighted by atomic mass is 9.93. The Morgan fingerprint density at radius 1 is 0.923 bits per heavy atom. The van der Waals surface area contributed by atoms with Gasteiger partial charge in [0, 0.05) is 36.2 Å². The van der Waals surface area contributed by atoms with Gasteiger partial charge in [0.05, 0.1) is 18.2 Å². The number of amidine groups is 1. The second-order valence-electron chi connectivity index (χ2n) is 9.89. The van der Waals surface area contributed by atoms with Crippen molar-refractivity contribution in [1.29, 1.82) is 0 Å². The average Bonchev–Trinajstić information content (AvgIpc) is 3.37. The number of unbranched alkanes of at least 4 members (excludes halogenated alkanes) is 2. The molecule has 39 heavy (non-hydrogen) atoms. The molecule has 3 aromatic rings. The molecule has 0 aromatic heterocycles. The number of hydrogen-bond donors (Lipinski definition) is 1. The lowest BCUT2D eigenvalue weighted by Crippen LogP contribution is -2.53. The number of hydrogen-bond acceptors (Lipinski definition) is 4. The fraction of sp³-hybridized carbons (Fsp3) is 0.355. The highest BCUT2D eigenvalue weighted by atomic mass is 35.5. The number of aliphatic imine (C=N–C) groups is 1. The highest BCUT2D eigenvalue weighted by molar-refractivity contribution is 6.30. The minimum Gasteiger partial charge on any atom is -0.493 e. The molecule has 6 nitrogen and oxygen atoms in total. The van der Waals surface area contributed by atoms with E-state index in [1.54, 1.807) is 0 Å². The van der Waals surface area contributed by atoms with Gasteiger partial charge < -0.3 is 15.0 Å². The zero-order chi connectivity index (χ0) is 27.2. The van der Waals surface area contributed by atoms with Gasteiger partial charge in [-0.3, -0.25) is 9.89 Å². The summed E-state index contributed by atoms with van der Waals surface area (Å²) in [4.78, 5) is 23.4. The normalized spacial score (nSPS) is 19.2. The Labute approximate surface area is 240 Å². The van der Waals surface area contributed by atoms with Crippen LogP contribution in [0.25, 0.3) is 0 Å². The van der Waals surface area contributed by atoms with Gasteiger partial charge in [-0.05, 0) is 53.9 Å². The largest absolute Gasteiger partial charge is 0.493 e. The van der Waals surface area contributed by atoms with Gasteiger partial charge in [-0.2, -0.15) is 0 Å². The molecule has 0 radical (unpaired) electrons. The number of nitrogens with one attached hydrogen (secondary N) is 1. The number of carbonyl (C=O) groups is 1. The molecule has 1 fully saturated rings. The van der Waals surface area contributed by atoms with E-state index in [4.69, 9.17) is 32.9 Å². The van der Waals surface area contributed by atoms with Crippen molar-refractivity contribution in [2.75, 3.05) is 32.8 Å². The molecule has 5 rings (SSSR count). The van der Waals surface area contributed by atoms with E-state index in [0.29, 0.717) is 35.6 Å². The van der Waals surface area contributed by atoms with Gasteiger partial charge >= 0.3 is 6.03 Å². The van der Waals surface area contributed by atoms with E-state index in [0.717, 1.165) is 54.8 Å². The van der Waals surface area contributed by atoms with Crippen molar-refractivity contribution in [3.8, 4) is 5.75 Å². The quantitative estimate of drug-likeness (QED) is 0.296. The molecule has 2 unspecified atom stereocenters. The van der Waals surface area contributed by atoms with E-state index in [2.05, 4.69) is 12.2 Å². The Balaban J connectivity index is 1.62. The molecule has 1 saturated heterocycles. The number of nitrogens with zero attached hydrogens (tertiary/aromatic N) is 3. The third kappa shape index (κ3) is 6.24. The van der Waals surface area contributed by atoms with Gasteiger partial charge in [0.2, 0.25) is 0 Å². The first kappa shape index (κ1) is 27.5. The standard InChI is InChI=1S/C31H34Cl2N4O2/c1-2-3-6-21-39-27-8-5-4-7-26(27)30-35-28(22-9-13-24(32)14-10-22)29(23-11-15-25(33)16-12-23)37(30)31(38)36-19-17-34-18-20-36/h4-5,7-16,28-29,34H,2-3,6,17-21H2,1H3. The first-order valence-corrected chi connectivity index (χ1v) is 14.4. The third-order valence-electron chi connectivity index (χ3n) is 7.22. The van der Waals surface area contributed by atoms with E-state index < -0.39 is 0 Å². The highest BCUT2D eigenvalue weighted by Gasteiger charge is 2.44. The smallest absolute Gasteiger partial charge is 0.326 e. The van der Waals surface area contributed by atoms with Crippen LogP contribution in [0.2, 0.25) is 10.0 Å². The SMILES string of the molecule is CCCCCOc1ccccc1C1=NC(c2ccc(Cl)cc2)C(c2ccc(Cl)cc2)N1C(=O)N1CCNCC1. The fourth-order valence-electron chi connectivity index (χ4n) is 5.17. The lowest BCUT2D eigenvalue weighted by Gasteiger charge is -2.36. The minimum absolute atomic E-state index is 0.0625. The van der Waals surface area contributed by atoms with Crippen LogP contribution in [0.4, 0.5) is 4.79 Å². The van der Waals surface area contributed by atoms with Crippen LogP contribution in [0.1, 0.15) is 55.0 Å². The maximum absolute atomic E-state index is 14.3. The Morgan fingerprint density at radius 3 is 2.23 bits per heavy atom. The van der Waals surface area contributed by atoms with Gasteiger partial charge in [0.25, 0.3) is 0 Å². The summed E-state index contributed by atoms with van der Waals surface area (Å²) in [5, 5.41) is 4.65. The molecule has 0 aliphatic carbocycles. The topological polar surface area (TPSA) is 57.2 Å². The van der Waals surface area contributed by atoms with Crippen LogP contribution < -0.4 is 10.1 Å². The summed E-state index contributed by atoms with van der Waals surface area (Å²) in [6.45, 7) is 5.58. The monoisotopic (exact) mass is 564 g/mol. The fourth-order valence-corrected chi connectivity index (χ4v) is 5.43. The Bertz CT molecular complexity index is 1290. The van der Waals surface area contributed by atoms with E-state index in [9.17, 15) is 4.79 Å². The molecule has 3 aromatic carbocycles. The Hall–Kier alpha value is -3.06. The number of halogens is 2.